The number of sulfonamides is 1. The van der Waals surface area contributed by atoms with Crippen LogP contribution in [0.2, 0.25) is 5.02 Å². The molecule has 26 heavy (non-hydrogen) atoms. The molecule has 0 heterocycles. The predicted molar refractivity (Wildman–Crippen MR) is 104 cm³/mol. The molecule has 2 rings (SSSR count). The molecule has 2 N–H and O–H groups in total. The maximum Gasteiger partial charge on any atom is 0.241 e. The van der Waals surface area contributed by atoms with Crippen molar-refractivity contribution in [3.8, 4) is 0 Å². The Morgan fingerprint density at radius 1 is 1.08 bits per heavy atom. The van der Waals surface area contributed by atoms with Crippen LogP contribution in [0.3, 0.4) is 0 Å². The van der Waals surface area contributed by atoms with Crippen molar-refractivity contribution < 1.29 is 13.2 Å². The Hall–Kier alpha value is -1.89. The van der Waals surface area contributed by atoms with E-state index in [-0.39, 0.29) is 23.3 Å². The second-order valence-electron chi connectivity index (χ2n) is 6.14. The van der Waals surface area contributed by atoms with Gasteiger partial charge in [-0.2, -0.15) is 4.72 Å². The van der Waals surface area contributed by atoms with Crippen LogP contribution in [0.25, 0.3) is 0 Å². The molecule has 0 saturated heterocycles. The molecular formula is C19H23ClN2O3S. The molecule has 0 aromatic heterocycles. The zero-order valence-corrected chi connectivity index (χ0v) is 16.3. The first-order valence-corrected chi connectivity index (χ1v) is 10.3. The fraction of sp³-hybridized carbons (Fsp3) is 0.316. The number of hydrogen-bond acceptors (Lipinski definition) is 3. The van der Waals surface area contributed by atoms with Crippen LogP contribution in [0.15, 0.2) is 59.5 Å². The van der Waals surface area contributed by atoms with E-state index in [9.17, 15) is 13.2 Å². The number of hydrogen-bond donors (Lipinski definition) is 2. The van der Waals surface area contributed by atoms with E-state index in [1.807, 2.05) is 44.2 Å². The average molecular weight is 395 g/mol. The van der Waals surface area contributed by atoms with Crippen LogP contribution < -0.4 is 10.0 Å². The van der Waals surface area contributed by atoms with Gasteiger partial charge in [-0.3, -0.25) is 4.79 Å². The van der Waals surface area contributed by atoms with Gasteiger partial charge in [-0.15, -0.1) is 0 Å². The van der Waals surface area contributed by atoms with Crippen molar-refractivity contribution in [3.05, 3.63) is 65.2 Å². The minimum atomic E-state index is -3.85. The van der Waals surface area contributed by atoms with E-state index in [4.69, 9.17) is 11.6 Å². The van der Waals surface area contributed by atoms with Gasteiger partial charge in [-0.25, -0.2) is 8.42 Å². The highest BCUT2D eigenvalue weighted by molar-refractivity contribution is 7.89. The van der Waals surface area contributed by atoms with E-state index >= 15 is 0 Å². The van der Waals surface area contributed by atoms with Gasteiger partial charge in [0.25, 0.3) is 0 Å². The standard InChI is InChI=1S/C19H23ClN2O3S/c1-3-14(2)21-19(23)18(13-15-7-5-4-6-8-15)22-26(24,25)17-11-9-16(20)10-12-17/h4-12,14,18,22H,3,13H2,1-2H3,(H,21,23). The molecule has 0 saturated carbocycles. The topological polar surface area (TPSA) is 75.3 Å². The molecule has 1 amide bonds. The number of carbonyl (C=O) groups is 1. The quantitative estimate of drug-likeness (QED) is 0.722. The lowest BCUT2D eigenvalue weighted by molar-refractivity contribution is -0.123. The molecule has 2 unspecified atom stereocenters. The number of carbonyl (C=O) groups excluding carboxylic acids is 1. The van der Waals surface area contributed by atoms with Gasteiger partial charge < -0.3 is 5.32 Å². The Kier molecular flexibility index (Phi) is 7.20. The lowest BCUT2D eigenvalue weighted by Crippen LogP contribution is -2.50. The van der Waals surface area contributed by atoms with Crippen LogP contribution >= 0.6 is 11.6 Å². The maximum absolute atomic E-state index is 12.7. The molecular weight excluding hydrogens is 372 g/mol. The van der Waals surface area contributed by atoms with Crippen LogP contribution in [0, 0.1) is 0 Å². The summed E-state index contributed by atoms with van der Waals surface area (Å²) < 4.78 is 27.9. The van der Waals surface area contributed by atoms with Gasteiger partial charge in [-0.1, -0.05) is 48.9 Å². The number of rotatable bonds is 8. The molecule has 0 aliphatic carbocycles. The number of halogens is 1. The molecule has 7 heteroatoms. The smallest absolute Gasteiger partial charge is 0.241 e. The highest BCUT2D eigenvalue weighted by Gasteiger charge is 2.26. The van der Waals surface area contributed by atoms with E-state index in [2.05, 4.69) is 10.0 Å². The van der Waals surface area contributed by atoms with Crippen molar-refractivity contribution in [1.29, 1.82) is 0 Å². The summed E-state index contributed by atoms with van der Waals surface area (Å²) in [6.45, 7) is 3.83. The van der Waals surface area contributed by atoms with Crippen molar-refractivity contribution >= 4 is 27.5 Å². The van der Waals surface area contributed by atoms with Crippen LogP contribution in [-0.4, -0.2) is 26.4 Å². The van der Waals surface area contributed by atoms with Gasteiger partial charge in [0, 0.05) is 11.1 Å². The molecule has 2 aromatic rings. The number of nitrogens with one attached hydrogen (secondary N) is 2. The summed E-state index contributed by atoms with van der Waals surface area (Å²) in [5, 5.41) is 3.29. The zero-order valence-electron chi connectivity index (χ0n) is 14.8. The molecule has 140 valence electrons. The molecule has 0 bridgehead atoms. The van der Waals surface area contributed by atoms with Crippen LogP contribution in [0.5, 0.6) is 0 Å². The number of amides is 1. The fourth-order valence-electron chi connectivity index (χ4n) is 2.35. The van der Waals surface area contributed by atoms with Crippen molar-refractivity contribution in [2.45, 2.75) is 43.7 Å². The maximum atomic E-state index is 12.7. The van der Waals surface area contributed by atoms with Crippen LogP contribution in [0.4, 0.5) is 0 Å². The number of benzene rings is 2. The molecule has 5 nitrogen and oxygen atoms in total. The molecule has 0 fully saturated rings. The van der Waals surface area contributed by atoms with Gasteiger partial charge >= 0.3 is 0 Å². The van der Waals surface area contributed by atoms with E-state index in [0.717, 1.165) is 12.0 Å². The van der Waals surface area contributed by atoms with Crippen molar-refractivity contribution in [2.75, 3.05) is 0 Å². The van der Waals surface area contributed by atoms with Gasteiger partial charge in [0.05, 0.1) is 4.90 Å². The molecule has 0 aliphatic rings. The van der Waals surface area contributed by atoms with Crippen molar-refractivity contribution in [3.63, 3.8) is 0 Å². The summed E-state index contributed by atoms with van der Waals surface area (Å²) in [4.78, 5) is 12.7. The molecule has 0 aliphatic heterocycles. The SMILES string of the molecule is CCC(C)NC(=O)C(Cc1ccccc1)NS(=O)(=O)c1ccc(Cl)cc1. The van der Waals surface area contributed by atoms with Crippen molar-refractivity contribution in [2.24, 2.45) is 0 Å². The Bertz CT molecular complexity index is 824. The monoisotopic (exact) mass is 394 g/mol. The third-order valence-corrected chi connectivity index (χ3v) is 5.76. The normalized spacial score (nSPS) is 13.8. The summed E-state index contributed by atoms with van der Waals surface area (Å²) in [5.74, 6) is -0.347. The third-order valence-electron chi connectivity index (χ3n) is 4.02. The van der Waals surface area contributed by atoms with Crippen LogP contribution in [-0.2, 0) is 21.2 Å². The Morgan fingerprint density at radius 2 is 1.69 bits per heavy atom. The molecule has 2 atom stereocenters. The van der Waals surface area contributed by atoms with Crippen molar-refractivity contribution in [1.82, 2.24) is 10.0 Å². The fourth-order valence-corrected chi connectivity index (χ4v) is 3.67. The summed E-state index contributed by atoms with van der Waals surface area (Å²) >= 11 is 5.82. The summed E-state index contributed by atoms with van der Waals surface area (Å²) in [5.41, 5.74) is 0.871. The van der Waals surface area contributed by atoms with E-state index < -0.39 is 16.1 Å². The first-order valence-electron chi connectivity index (χ1n) is 8.44. The van der Waals surface area contributed by atoms with E-state index in [1.165, 1.54) is 24.3 Å². The van der Waals surface area contributed by atoms with E-state index in [0.29, 0.717) is 5.02 Å². The first-order chi connectivity index (χ1) is 12.3. The summed E-state index contributed by atoms with van der Waals surface area (Å²) in [6, 6.07) is 14.2. The first kappa shape index (κ1) is 20.4. The second kappa shape index (κ2) is 9.16. The van der Waals surface area contributed by atoms with Gasteiger partial charge in [0.2, 0.25) is 15.9 Å². The van der Waals surface area contributed by atoms with E-state index in [1.54, 1.807) is 0 Å². The zero-order chi connectivity index (χ0) is 19.2. The second-order valence-corrected chi connectivity index (χ2v) is 8.29. The van der Waals surface area contributed by atoms with Crippen LogP contribution in [0.1, 0.15) is 25.8 Å². The van der Waals surface area contributed by atoms with Gasteiger partial charge in [0.1, 0.15) is 6.04 Å². The summed E-state index contributed by atoms with van der Waals surface area (Å²) in [7, 11) is -3.85. The highest BCUT2D eigenvalue weighted by Crippen LogP contribution is 2.15. The molecule has 0 radical (unpaired) electrons. The minimum absolute atomic E-state index is 0.0409. The van der Waals surface area contributed by atoms with Gasteiger partial charge in [-0.05, 0) is 49.6 Å². The predicted octanol–water partition coefficient (Wildman–Crippen LogP) is 3.14. The Labute approximate surface area is 159 Å². The highest BCUT2D eigenvalue weighted by atomic mass is 35.5. The molecule has 0 spiro atoms. The lowest BCUT2D eigenvalue weighted by atomic mass is 10.1. The average Bonchev–Trinajstić information content (AvgIpc) is 2.62. The van der Waals surface area contributed by atoms with Gasteiger partial charge in [0.15, 0.2) is 0 Å². The minimum Gasteiger partial charge on any atom is -0.352 e. The molecule has 2 aromatic carbocycles. The Balaban J connectivity index is 2.24. The largest absolute Gasteiger partial charge is 0.352 e. The lowest BCUT2D eigenvalue weighted by Gasteiger charge is -2.21. The Morgan fingerprint density at radius 3 is 2.27 bits per heavy atom. The third kappa shape index (κ3) is 5.83. The summed E-state index contributed by atoms with van der Waals surface area (Å²) in [6.07, 6.45) is 1.02.